The predicted octanol–water partition coefficient (Wildman–Crippen LogP) is 0.163. The van der Waals surface area contributed by atoms with Gasteiger partial charge in [-0.15, -0.1) is 0 Å². The SMILES string of the molecule is NC(=O)C(O)C(O)c1ccc2ncnc(Cl)c2c1. The normalized spacial score (nSPS) is 14.4. The molecule has 2 aromatic rings. The molecule has 1 amide bonds. The van der Waals surface area contributed by atoms with E-state index >= 15 is 0 Å². The van der Waals surface area contributed by atoms with Gasteiger partial charge in [-0.1, -0.05) is 17.7 Å². The number of fused-ring (bicyclic) bond motifs is 1. The van der Waals surface area contributed by atoms with Crippen LogP contribution < -0.4 is 5.73 Å². The number of amides is 1. The summed E-state index contributed by atoms with van der Waals surface area (Å²) in [5.74, 6) is -1.00. The molecule has 4 N–H and O–H groups in total. The minimum Gasteiger partial charge on any atom is -0.385 e. The van der Waals surface area contributed by atoms with Gasteiger partial charge in [0.15, 0.2) is 6.10 Å². The summed E-state index contributed by atoms with van der Waals surface area (Å²) >= 11 is 5.89. The average molecular weight is 268 g/mol. The molecule has 6 nitrogen and oxygen atoms in total. The van der Waals surface area contributed by atoms with Crippen molar-refractivity contribution in [2.45, 2.75) is 12.2 Å². The van der Waals surface area contributed by atoms with Crippen LogP contribution in [-0.2, 0) is 4.79 Å². The van der Waals surface area contributed by atoms with Crippen LogP contribution in [0.25, 0.3) is 10.9 Å². The molecule has 7 heteroatoms. The van der Waals surface area contributed by atoms with E-state index in [1.54, 1.807) is 6.07 Å². The third-order valence-corrected chi connectivity index (χ3v) is 2.84. The fourth-order valence-electron chi connectivity index (χ4n) is 1.56. The minimum atomic E-state index is -1.68. The number of benzene rings is 1. The van der Waals surface area contributed by atoms with E-state index in [9.17, 15) is 15.0 Å². The van der Waals surface area contributed by atoms with Crippen LogP contribution in [0.5, 0.6) is 0 Å². The molecule has 1 heterocycles. The number of hydrogen-bond donors (Lipinski definition) is 3. The maximum atomic E-state index is 10.8. The minimum absolute atomic E-state index is 0.225. The second kappa shape index (κ2) is 4.85. The van der Waals surface area contributed by atoms with E-state index in [1.165, 1.54) is 18.5 Å². The number of nitrogens with zero attached hydrogens (tertiary/aromatic N) is 2. The molecule has 0 saturated heterocycles. The first-order chi connectivity index (χ1) is 8.50. The number of rotatable bonds is 3. The molecule has 0 aliphatic rings. The Morgan fingerprint density at radius 3 is 2.72 bits per heavy atom. The first kappa shape index (κ1) is 12.7. The van der Waals surface area contributed by atoms with Crippen molar-refractivity contribution < 1.29 is 15.0 Å². The van der Waals surface area contributed by atoms with Crippen molar-refractivity contribution in [3.8, 4) is 0 Å². The van der Waals surface area contributed by atoms with Crippen molar-refractivity contribution in [3.63, 3.8) is 0 Å². The summed E-state index contributed by atoms with van der Waals surface area (Å²) in [7, 11) is 0. The van der Waals surface area contributed by atoms with Crippen molar-refractivity contribution in [2.24, 2.45) is 5.73 Å². The van der Waals surface area contributed by atoms with Crippen molar-refractivity contribution in [1.82, 2.24) is 9.97 Å². The van der Waals surface area contributed by atoms with Crippen LogP contribution in [0.3, 0.4) is 0 Å². The fraction of sp³-hybridized carbons (Fsp3) is 0.182. The average Bonchev–Trinajstić information content (AvgIpc) is 2.37. The lowest BCUT2D eigenvalue weighted by atomic mass is 10.0. The van der Waals surface area contributed by atoms with Crippen LogP contribution in [0.15, 0.2) is 24.5 Å². The zero-order valence-electron chi connectivity index (χ0n) is 9.12. The van der Waals surface area contributed by atoms with Gasteiger partial charge >= 0.3 is 0 Å². The number of carbonyl (C=O) groups excluding carboxylic acids is 1. The number of aliphatic hydroxyl groups excluding tert-OH is 2. The summed E-state index contributed by atoms with van der Waals surface area (Å²) in [5, 5.41) is 19.9. The molecule has 1 aromatic carbocycles. The fourth-order valence-corrected chi connectivity index (χ4v) is 1.76. The van der Waals surface area contributed by atoms with Crippen LogP contribution in [0, 0.1) is 0 Å². The molecule has 0 bridgehead atoms. The topological polar surface area (TPSA) is 109 Å². The largest absolute Gasteiger partial charge is 0.385 e. The van der Waals surface area contributed by atoms with E-state index in [2.05, 4.69) is 9.97 Å². The molecule has 0 saturated carbocycles. The van der Waals surface area contributed by atoms with Crippen molar-refractivity contribution in [2.75, 3.05) is 0 Å². The number of hydrogen-bond acceptors (Lipinski definition) is 5. The van der Waals surface area contributed by atoms with Crippen molar-refractivity contribution >= 4 is 28.4 Å². The number of aliphatic hydroxyl groups is 2. The van der Waals surface area contributed by atoms with E-state index in [1.807, 2.05) is 0 Å². The van der Waals surface area contributed by atoms with Gasteiger partial charge in [0.25, 0.3) is 0 Å². The summed E-state index contributed by atoms with van der Waals surface area (Å²) in [6.45, 7) is 0. The molecule has 94 valence electrons. The second-order valence-electron chi connectivity index (χ2n) is 3.73. The Balaban J connectivity index is 2.47. The maximum Gasteiger partial charge on any atom is 0.249 e. The Kier molecular flexibility index (Phi) is 3.42. The lowest BCUT2D eigenvalue weighted by molar-refractivity contribution is -0.131. The quantitative estimate of drug-likeness (QED) is 0.687. The van der Waals surface area contributed by atoms with Gasteiger partial charge in [-0.3, -0.25) is 4.79 Å². The first-order valence-electron chi connectivity index (χ1n) is 5.06. The van der Waals surface area contributed by atoms with Gasteiger partial charge in [-0.05, 0) is 17.7 Å². The monoisotopic (exact) mass is 267 g/mol. The second-order valence-corrected chi connectivity index (χ2v) is 4.09. The molecular weight excluding hydrogens is 258 g/mol. The highest BCUT2D eigenvalue weighted by Crippen LogP contribution is 2.25. The van der Waals surface area contributed by atoms with Gasteiger partial charge in [-0.25, -0.2) is 9.97 Å². The summed E-state index contributed by atoms with van der Waals surface area (Å²) in [6.07, 6.45) is -1.77. The summed E-state index contributed by atoms with van der Waals surface area (Å²) in [5.41, 5.74) is 5.82. The highest BCUT2D eigenvalue weighted by molar-refractivity contribution is 6.34. The first-order valence-corrected chi connectivity index (χ1v) is 5.44. The Hall–Kier alpha value is -1.76. The van der Waals surface area contributed by atoms with E-state index < -0.39 is 18.1 Å². The molecule has 2 rings (SSSR count). The van der Waals surface area contributed by atoms with E-state index in [0.717, 1.165) is 0 Å². The standard InChI is InChI=1S/C11H10ClN3O3/c12-10-6-3-5(8(16)9(17)11(13)18)1-2-7(6)14-4-15-10/h1-4,8-9,16-17H,(H2,13,18). The zero-order valence-corrected chi connectivity index (χ0v) is 9.87. The Labute approximate surface area is 107 Å². The number of nitrogens with two attached hydrogens (primary N) is 1. The molecule has 0 spiro atoms. The van der Waals surface area contributed by atoms with Crippen LogP contribution in [0.1, 0.15) is 11.7 Å². The van der Waals surface area contributed by atoms with Gasteiger partial charge in [-0.2, -0.15) is 0 Å². The molecule has 2 unspecified atom stereocenters. The summed E-state index contributed by atoms with van der Waals surface area (Å²) < 4.78 is 0. The Morgan fingerprint density at radius 1 is 1.33 bits per heavy atom. The molecular formula is C11H10ClN3O3. The van der Waals surface area contributed by atoms with Gasteiger partial charge in [0.05, 0.1) is 5.52 Å². The molecule has 0 aliphatic heterocycles. The summed E-state index contributed by atoms with van der Waals surface area (Å²) in [6, 6.07) is 4.64. The van der Waals surface area contributed by atoms with Crippen LogP contribution in [0.4, 0.5) is 0 Å². The number of carbonyl (C=O) groups is 1. The third kappa shape index (κ3) is 2.26. The van der Waals surface area contributed by atoms with Gasteiger partial charge < -0.3 is 15.9 Å². The predicted molar refractivity (Wildman–Crippen MR) is 64.7 cm³/mol. The van der Waals surface area contributed by atoms with Gasteiger partial charge in [0.1, 0.15) is 17.6 Å². The maximum absolute atomic E-state index is 10.8. The van der Waals surface area contributed by atoms with E-state index in [-0.39, 0.29) is 5.15 Å². The lowest BCUT2D eigenvalue weighted by Crippen LogP contribution is -2.33. The zero-order chi connectivity index (χ0) is 13.3. The molecule has 18 heavy (non-hydrogen) atoms. The van der Waals surface area contributed by atoms with E-state index in [4.69, 9.17) is 17.3 Å². The Morgan fingerprint density at radius 2 is 2.06 bits per heavy atom. The van der Waals surface area contributed by atoms with Gasteiger partial charge in [0, 0.05) is 5.39 Å². The van der Waals surface area contributed by atoms with Crippen LogP contribution in [0.2, 0.25) is 5.15 Å². The van der Waals surface area contributed by atoms with Gasteiger partial charge in [0.2, 0.25) is 5.91 Å². The third-order valence-electron chi connectivity index (χ3n) is 2.54. The Bertz CT molecular complexity index is 605. The number of aromatic nitrogens is 2. The molecule has 0 fully saturated rings. The smallest absolute Gasteiger partial charge is 0.249 e. The van der Waals surface area contributed by atoms with E-state index in [0.29, 0.717) is 16.5 Å². The lowest BCUT2D eigenvalue weighted by Gasteiger charge is -2.15. The van der Waals surface area contributed by atoms with Crippen LogP contribution in [-0.4, -0.2) is 32.2 Å². The number of primary amides is 1. The summed E-state index contributed by atoms with van der Waals surface area (Å²) in [4.78, 5) is 18.6. The number of halogens is 1. The highest BCUT2D eigenvalue weighted by atomic mass is 35.5. The molecule has 1 aromatic heterocycles. The molecule has 2 atom stereocenters. The van der Waals surface area contributed by atoms with Crippen molar-refractivity contribution in [1.29, 1.82) is 0 Å². The molecule has 0 radical (unpaired) electrons. The highest BCUT2D eigenvalue weighted by Gasteiger charge is 2.23. The van der Waals surface area contributed by atoms with Crippen LogP contribution >= 0.6 is 11.6 Å². The molecule has 0 aliphatic carbocycles. The van der Waals surface area contributed by atoms with Crippen molar-refractivity contribution in [3.05, 3.63) is 35.2 Å².